The standard InChI is InChI=1S/C21H20N2O3/c1-15(24)22-17-7-9-18(10-8-17)23-19(12-14-21(25)26)11-13-20(23)16-5-3-2-4-6-16/h2-11,13H,12,14H2,1H3,(H,22,24)(H,25,26)/p-1. The number of anilines is 1. The number of hydrogen-bond acceptors (Lipinski definition) is 3. The Hall–Kier alpha value is -3.34. The van der Waals surface area contributed by atoms with Crippen molar-refractivity contribution in [2.75, 3.05) is 5.32 Å². The van der Waals surface area contributed by atoms with Gasteiger partial charge in [-0.25, -0.2) is 0 Å². The normalized spacial score (nSPS) is 10.5. The molecule has 0 aliphatic heterocycles. The van der Waals surface area contributed by atoms with Crippen LogP contribution in [0.1, 0.15) is 19.0 Å². The molecule has 0 bridgehead atoms. The molecule has 0 unspecified atom stereocenters. The lowest BCUT2D eigenvalue weighted by molar-refractivity contribution is -0.305. The van der Waals surface area contributed by atoms with Gasteiger partial charge in [-0.2, -0.15) is 0 Å². The number of aliphatic carboxylic acids is 1. The van der Waals surface area contributed by atoms with Crippen LogP contribution in [0.4, 0.5) is 5.69 Å². The van der Waals surface area contributed by atoms with E-state index in [0.717, 1.165) is 22.6 Å². The van der Waals surface area contributed by atoms with Crippen molar-refractivity contribution < 1.29 is 14.7 Å². The summed E-state index contributed by atoms with van der Waals surface area (Å²) in [6.45, 7) is 1.46. The summed E-state index contributed by atoms with van der Waals surface area (Å²) in [7, 11) is 0. The lowest BCUT2D eigenvalue weighted by Crippen LogP contribution is -2.22. The largest absolute Gasteiger partial charge is 0.550 e. The van der Waals surface area contributed by atoms with Crippen molar-refractivity contribution in [1.82, 2.24) is 4.57 Å². The van der Waals surface area contributed by atoms with Crippen LogP contribution in [0.15, 0.2) is 66.7 Å². The Labute approximate surface area is 151 Å². The Morgan fingerprint density at radius 2 is 1.65 bits per heavy atom. The predicted molar refractivity (Wildman–Crippen MR) is 98.8 cm³/mol. The molecule has 26 heavy (non-hydrogen) atoms. The first-order valence-electron chi connectivity index (χ1n) is 8.38. The van der Waals surface area contributed by atoms with Crippen molar-refractivity contribution in [2.24, 2.45) is 0 Å². The van der Waals surface area contributed by atoms with E-state index in [4.69, 9.17) is 0 Å². The van der Waals surface area contributed by atoms with E-state index in [-0.39, 0.29) is 12.3 Å². The Bertz CT molecular complexity index is 912. The number of amides is 1. The van der Waals surface area contributed by atoms with E-state index >= 15 is 0 Å². The van der Waals surface area contributed by atoms with Gasteiger partial charge < -0.3 is 19.8 Å². The van der Waals surface area contributed by atoms with Crippen molar-refractivity contribution in [3.63, 3.8) is 0 Å². The van der Waals surface area contributed by atoms with E-state index in [1.807, 2.05) is 71.3 Å². The zero-order valence-electron chi connectivity index (χ0n) is 14.4. The van der Waals surface area contributed by atoms with E-state index in [2.05, 4.69) is 5.32 Å². The number of nitrogens with one attached hydrogen (secondary N) is 1. The molecule has 0 aliphatic carbocycles. The number of benzene rings is 2. The van der Waals surface area contributed by atoms with Crippen molar-refractivity contribution in [3.05, 3.63) is 72.4 Å². The molecular formula is C21H19N2O3-. The van der Waals surface area contributed by atoms with Gasteiger partial charge in [0.25, 0.3) is 0 Å². The number of hydrogen-bond donors (Lipinski definition) is 1. The number of aryl methyl sites for hydroxylation is 1. The first-order chi connectivity index (χ1) is 12.5. The monoisotopic (exact) mass is 347 g/mol. The fourth-order valence-corrected chi connectivity index (χ4v) is 2.94. The molecule has 1 heterocycles. The average molecular weight is 347 g/mol. The summed E-state index contributed by atoms with van der Waals surface area (Å²) < 4.78 is 2.04. The lowest BCUT2D eigenvalue weighted by Gasteiger charge is -2.15. The van der Waals surface area contributed by atoms with Crippen LogP contribution in [0, 0.1) is 0 Å². The summed E-state index contributed by atoms with van der Waals surface area (Å²) >= 11 is 0. The highest BCUT2D eigenvalue weighted by Crippen LogP contribution is 2.28. The second kappa shape index (κ2) is 7.70. The molecule has 0 saturated heterocycles. The van der Waals surface area contributed by atoms with Crippen LogP contribution in [0.25, 0.3) is 16.9 Å². The van der Waals surface area contributed by atoms with Gasteiger partial charge in [-0.1, -0.05) is 30.3 Å². The molecule has 0 atom stereocenters. The molecule has 1 N–H and O–H groups in total. The molecule has 0 fully saturated rings. The molecule has 3 rings (SSSR count). The summed E-state index contributed by atoms with van der Waals surface area (Å²) in [5, 5.41) is 13.6. The van der Waals surface area contributed by atoms with Crippen LogP contribution in [-0.2, 0) is 16.0 Å². The van der Waals surface area contributed by atoms with Crippen molar-refractivity contribution in [1.29, 1.82) is 0 Å². The zero-order chi connectivity index (χ0) is 18.5. The SMILES string of the molecule is CC(=O)Nc1ccc(-n2c(CCC(=O)[O-])ccc2-c2ccccc2)cc1. The van der Waals surface area contributed by atoms with E-state index < -0.39 is 5.97 Å². The number of aromatic nitrogens is 1. The first-order valence-corrected chi connectivity index (χ1v) is 8.38. The number of carboxylic acid groups (broad SMARTS) is 1. The van der Waals surface area contributed by atoms with Gasteiger partial charge in [0.15, 0.2) is 0 Å². The van der Waals surface area contributed by atoms with Crippen molar-refractivity contribution in [3.8, 4) is 16.9 Å². The summed E-state index contributed by atoms with van der Waals surface area (Å²) in [4.78, 5) is 22.1. The second-order valence-electron chi connectivity index (χ2n) is 6.01. The first kappa shape index (κ1) is 17.5. The Kier molecular flexibility index (Phi) is 5.17. The van der Waals surface area contributed by atoms with Gasteiger partial charge in [0.2, 0.25) is 5.91 Å². The molecule has 5 nitrogen and oxygen atoms in total. The Morgan fingerprint density at radius 3 is 2.27 bits per heavy atom. The van der Waals surface area contributed by atoms with Gasteiger partial charge in [-0.3, -0.25) is 4.79 Å². The number of carbonyl (C=O) groups is 2. The number of nitrogens with zero attached hydrogens (tertiary/aromatic N) is 1. The number of rotatable bonds is 6. The minimum absolute atomic E-state index is 0.0395. The highest BCUT2D eigenvalue weighted by molar-refractivity contribution is 5.88. The molecular weight excluding hydrogens is 328 g/mol. The van der Waals surface area contributed by atoms with Crippen molar-refractivity contribution >= 4 is 17.6 Å². The van der Waals surface area contributed by atoms with Gasteiger partial charge in [-0.05, 0) is 54.8 Å². The van der Waals surface area contributed by atoms with Gasteiger partial charge in [-0.15, -0.1) is 0 Å². The topological polar surface area (TPSA) is 74.2 Å². The maximum Gasteiger partial charge on any atom is 0.221 e. The third-order valence-corrected chi connectivity index (χ3v) is 4.06. The van der Waals surface area contributed by atoms with Gasteiger partial charge >= 0.3 is 0 Å². The van der Waals surface area contributed by atoms with Gasteiger partial charge in [0.05, 0.1) is 5.69 Å². The van der Waals surface area contributed by atoms with E-state index in [9.17, 15) is 14.7 Å². The molecule has 1 aromatic heterocycles. The molecule has 2 aromatic carbocycles. The second-order valence-corrected chi connectivity index (χ2v) is 6.01. The van der Waals surface area contributed by atoms with Crippen LogP contribution in [-0.4, -0.2) is 16.4 Å². The third kappa shape index (κ3) is 4.00. The minimum atomic E-state index is -1.07. The maximum absolute atomic E-state index is 11.2. The van der Waals surface area contributed by atoms with Crippen molar-refractivity contribution in [2.45, 2.75) is 19.8 Å². The summed E-state index contributed by atoms with van der Waals surface area (Å²) in [6, 6.07) is 21.3. The summed E-state index contributed by atoms with van der Waals surface area (Å²) in [6.07, 6.45) is 0.338. The molecule has 1 amide bonds. The van der Waals surface area contributed by atoms with E-state index in [1.54, 1.807) is 0 Å². The minimum Gasteiger partial charge on any atom is -0.550 e. The Morgan fingerprint density at radius 1 is 0.962 bits per heavy atom. The molecule has 0 saturated carbocycles. The molecule has 3 aromatic rings. The Balaban J connectivity index is 2.03. The van der Waals surface area contributed by atoms with Crippen LogP contribution >= 0.6 is 0 Å². The van der Waals surface area contributed by atoms with E-state index in [0.29, 0.717) is 12.1 Å². The van der Waals surface area contributed by atoms with Crippen LogP contribution in [0.5, 0.6) is 0 Å². The molecule has 0 aliphatic rings. The maximum atomic E-state index is 11.2. The highest BCUT2D eigenvalue weighted by Gasteiger charge is 2.12. The van der Waals surface area contributed by atoms with Gasteiger partial charge in [0, 0.05) is 30.0 Å². The molecule has 132 valence electrons. The summed E-state index contributed by atoms with van der Waals surface area (Å²) in [5.41, 5.74) is 4.52. The average Bonchev–Trinajstić information content (AvgIpc) is 3.05. The predicted octanol–water partition coefficient (Wildman–Crippen LogP) is 2.79. The van der Waals surface area contributed by atoms with E-state index in [1.165, 1.54) is 6.92 Å². The fourth-order valence-electron chi connectivity index (χ4n) is 2.94. The number of carboxylic acids is 1. The van der Waals surface area contributed by atoms with Crippen LogP contribution in [0.2, 0.25) is 0 Å². The highest BCUT2D eigenvalue weighted by atomic mass is 16.4. The fraction of sp³-hybridized carbons (Fsp3) is 0.143. The smallest absolute Gasteiger partial charge is 0.221 e. The lowest BCUT2D eigenvalue weighted by atomic mass is 10.1. The molecule has 5 heteroatoms. The molecule has 0 spiro atoms. The zero-order valence-corrected chi connectivity index (χ0v) is 14.4. The third-order valence-electron chi connectivity index (χ3n) is 4.06. The van der Waals surface area contributed by atoms with Crippen LogP contribution < -0.4 is 10.4 Å². The van der Waals surface area contributed by atoms with Crippen LogP contribution in [0.3, 0.4) is 0 Å². The van der Waals surface area contributed by atoms with Gasteiger partial charge in [0.1, 0.15) is 0 Å². The number of carbonyl (C=O) groups excluding carboxylic acids is 2. The quantitative estimate of drug-likeness (QED) is 0.745. The summed E-state index contributed by atoms with van der Waals surface area (Å²) in [5.74, 6) is -1.20. The molecule has 0 radical (unpaired) electrons.